The summed E-state index contributed by atoms with van der Waals surface area (Å²) >= 11 is 0. The SMILES string of the molecule is C=C1[C@@H](OC(=O)C=Cc2ccccc2)C[C@]2(O)C(C=O)=CO[C@@H](O[C@@H]3O[C@H](CO)[C@@H](O)[C@H](O)[C@H]3O)[C@H]12. The molecule has 2 fully saturated rings. The lowest BCUT2D eigenvalue weighted by Gasteiger charge is -2.44. The van der Waals surface area contributed by atoms with E-state index >= 15 is 0 Å². The third kappa shape index (κ3) is 4.87. The zero-order chi connectivity index (χ0) is 26.0. The van der Waals surface area contributed by atoms with Gasteiger partial charge in [-0.15, -0.1) is 0 Å². The van der Waals surface area contributed by atoms with Crippen LogP contribution in [-0.2, 0) is 28.5 Å². The number of carbonyl (C=O) groups excluding carboxylic acids is 2. The quantitative estimate of drug-likeness (QED) is 0.136. The van der Waals surface area contributed by atoms with E-state index in [-0.39, 0.29) is 17.6 Å². The van der Waals surface area contributed by atoms with Crippen molar-refractivity contribution in [1.82, 2.24) is 0 Å². The van der Waals surface area contributed by atoms with Crippen LogP contribution >= 0.6 is 0 Å². The van der Waals surface area contributed by atoms with E-state index in [1.807, 2.05) is 18.2 Å². The summed E-state index contributed by atoms with van der Waals surface area (Å²) in [6.07, 6.45) is -6.20. The number of esters is 1. The van der Waals surface area contributed by atoms with E-state index in [0.717, 1.165) is 11.8 Å². The standard InChI is InChI=1S/C25H28O11/c1-13-16(34-18(28)8-7-14-5-3-2-4-6-14)9-25(32)15(10-26)12-33-23(19(13)25)36-24-22(31)21(30)20(29)17(11-27)35-24/h2-8,10,12,16-17,19-24,27,29-32H,1,9,11H2/t16-,17+,19-,20+,21-,22+,23-,24-,25-/m0/s1. The van der Waals surface area contributed by atoms with Crippen molar-refractivity contribution in [1.29, 1.82) is 0 Å². The Labute approximate surface area is 206 Å². The fraction of sp³-hybridized carbons (Fsp3) is 0.440. The van der Waals surface area contributed by atoms with Crippen molar-refractivity contribution in [3.63, 3.8) is 0 Å². The van der Waals surface area contributed by atoms with E-state index in [0.29, 0.717) is 6.29 Å². The molecule has 11 nitrogen and oxygen atoms in total. The van der Waals surface area contributed by atoms with Crippen LogP contribution in [0.25, 0.3) is 6.08 Å². The van der Waals surface area contributed by atoms with Gasteiger partial charge < -0.3 is 44.5 Å². The first-order chi connectivity index (χ1) is 17.2. The number of aliphatic hydroxyl groups excluding tert-OH is 4. The number of hydrogen-bond acceptors (Lipinski definition) is 11. The summed E-state index contributed by atoms with van der Waals surface area (Å²) in [4.78, 5) is 24.1. The van der Waals surface area contributed by atoms with Gasteiger partial charge in [-0.3, -0.25) is 4.79 Å². The van der Waals surface area contributed by atoms with Gasteiger partial charge in [0.05, 0.1) is 24.4 Å². The summed E-state index contributed by atoms with van der Waals surface area (Å²) in [6.45, 7) is 3.26. The number of benzene rings is 1. The lowest BCUT2D eigenvalue weighted by molar-refractivity contribution is -0.342. The van der Waals surface area contributed by atoms with Crippen LogP contribution in [0.2, 0.25) is 0 Å². The van der Waals surface area contributed by atoms with Crippen LogP contribution in [0.3, 0.4) is 0 Å². The van der Waals surface area contributed by atoms with Gasteiger partial charge in [0.2, 0.25) is 6.29 Å². The van der Waals surface area contributed by atoms with Crippen LogP contribution in [0.4, 0.5) is 0 Å². The normalized spacial score (nSPS) is 38.2. The molecule has 9 atom stereocenters. The molecule has 0 unspecified atom stereocenters. The fourth-order valence-electron chi connectivity index (χ4n) is 4.64. The highest BCUT2D eigenvalue weighted by Crippen LogP contribution is 2.50. The fourth-order valence-corrected chi connectivity index (χ4v) is 4.64. The summed E-state index contributed by atoms with van der Waals surface area (Å²) in [5.74, 6) is -1.82. The maximum Gasteiger partial charge on any atom is 0.331 e. The lowest BCUT2D eigenvalue weighted by Crippen LogP contribution is -2.60. The smallest absolute Gasteiger partial charge is 0.331 e. The number of carbonyl (C=O) groups is 2. The molecule has 2 aliphatic heterocycles. The molecule has 11 heteroatoms. The number of aldehydes is 1. The predicted molar refractivity (Wildman–Crippen MR) is 121 cm³/mol. The summed E-state index contributed by atoms with van der Waals surface area (Å²) in [7, 11) is 0. The first-order valence-electron chi connectivity index (χ1n) is 11.3. The van der Waals surface area contributed by atoms with Crippen LogP contribution < -0.4 is 0 Å². The third-order valence-electron chi connectivity index (χ3n) is 6.64. The number of ether oxygens (including phenoxy) is 4. The second-order valence-corrected chi connectivity index (χ2v) is 8.88. The van der Waals surface area contributed by atoms with Gasteiger partial charge in [-0.1, -0.05) is 36.9 Å². The lowest BCUT2D eigenvalue weighted by atomic mass is 9.81. The molecular weight excluding hydrogens is 476 g/mol. The van der Waals surface area contributed by atoms with Gasteiger partial charge in [-0.2, -0.15) is 0 Å². The molecule has 0 amide bonds. The molecule has 4 rings (SSSR count). The summed E-state index contributed by atoms with van der Waals surface area (Å²) in [5, 5.41) is 51.2. The minimum atomic E-state index is -1.87. The van der Waals surface area contributed by atoms with E-state index in [1.165, 1.54) is 6.08 Å². The van der Waals surface area contributed by atoms with Crippen molar-refractivity contribution in [2.75, 3.05) is 6.61 Å². The summed E-state index contributed by atoms with van der Waals surface area (Å²) in [5.41, 5.74) is -1.02. The van der Waals surface area contributed by atoms with Crippen LogP contribution in [0.5, 0.6) is 0 Å². The first-order valence-corrected chi connectivity index (χ1v) is 11.3. The Balaban J connectivity index is 1.52. The van der Waals surface area contributed by atoms with E-state index < -0.39 is 67.2 Å². The van der Waals surface area contributed by atoms with E-state index in [4.69, 9.17) is 18.9 Å². The largest absolute Gasteiger partial charge is 0.471 e. The monoisotopic (exact) mass is 504 g/mol. The highest BCUT2D eigenvalue weighted by atomic mass is 16.8. The Morgan fingerprint density at radius 2 is 1.86 bits per heavy atom. The molecule has 1 saturated heterocycles. The van der Waals surface area contributed by atoms with Crippen LogP contribution in [0.15, 0.2) is 60.4 Å². The molecule has 1 aliphatic carbocycles. The molecule has 36 heavy (non-hydrogen) atoms. The van der Waals surface area contributed by atoms with Crippen molar-refractivity contribution in [3.05, 3.63) is 66.0 Å². The number of aliphatic hydroxyl groups is 5. The minimum absolute atomic E-state index is 0.124. The van der Waals surface area contributed by atoms with Gasteiger partial charge in [0.1, 0.15) is 36.1 Å². The molecular formula is C25H28O11. The molecule has 5 N–H and O–H groups in total. The van der Waals surface area contributed by atoms with Crippen molar-refractivity contribution in [2.24, 2.45) is 5.92 Å². The number of fused-ring (bicyclic) bond motifs is 1. The molecule has 1 aromatic rings. The Hall–Kier alpha value is -2.90. The van der Waals surface area contributed by atoms with Gasteiger partial charge >= 0.3 is 5.97 Å². The molecule has 0 aromatic heterocycles. The Morgan fingerprint density at radius 3 is 2.53 bits per heavy atom. The number of hydrogen-bond donors (Lipinski definition) is 5. The topological polar surface area (TPSA) is 172 Å². The van der Waals surface area contributed by atoms with Crippen LogP contribution in [-0.4, -0.2) is 93.1 Å². The van der Waals surface area contributed by atoms with Gasteiger partial charge in [0.15, 0.2) is 12.6 Å². The van der Waals surface area contributed by atoms with Crippen molar-refractivity contribution in [3.8, 4) is 0 Å². The van der Waals surface area contributed by atoms with E-state index in [1.54, 1.807) is 18.2 Å². The maximum atomic E-state index is 12.4. The van der Waals surface area contributed by atoms with E-state index in [2.05, 4.69) is 6.58 Å². The molecule has 1 saturated carbocycles. The molecule has 194 valence electrons. The van der Waals surface area contributed by atoms with Gasteiger partial charge in [0, 0.05) is 12.5 Å². The molecule has 2 heterocycles. The van der Waals surface area contributed by atoms with Gasteiger partial charge in [-0.25, -0.2) is 4.79 Å². The zero-order valence-corrected chi connectivity index (χ0v) is 19.1. The predicted octanol–water partition coefficient (Wildman–Crippen LogP) is -0.826. The Kier molecular flexibility index (Phi) is 7.71. The molecule has 0 bridgehead atoms. The summed E-state index contributed by atoms with van der Waals surface area (Å²) < 4.78 is 22.0. The number of rotatable bonds is 7. The second-order valence-electron chi connectivity index (χ2n) is 8.88. The van der Waals surface area contributed by atoms with Crippen molar-refractivity contribution in [2.45, 2.75) is 55.1 Å². The van der Waals surface area contributed by atoms with E-state index in [9.17, 15) is 35.1 Å². The molecule has 0 radical (unpaired) electrons. The van der Waals surface area contributed by atoms with Gasteiger partial charge in [-0.05, 0) is 17.2 Å². The highest BCUT2D eigenvalue weighted by Gasteiger charge is 2.59. The first kappa shape index (κ1) is 26.2. The van der Waals surface area contributed by atoms with Crippen LogP contribution in [0, 0.1) is 5.92 Å². The Morgan fingerprint density at radius 1 is 1.14 bits per heavy atom. The summed E-state index contributed by atoms with van der Waals surface area (Å²) in [6, 6.07) is 9.06. The average molecular weight is 504 g/mol. The van der Waals surface area contributed by atoms with Crippen molar-refractivity contribution < 1.29 is 54.1 Å². The molecule has 1 aromatic carbocycles. The van der Waals surface area contributed by atoms with Crippen LogP contribution in [0.1, 0.15) is 12.0 Å². The van der Waals surface area contributed by atoms with Gasteiger partial charge in [0.25, 0.3) is 0 Å². The van der Waals surface area contributed by atoms with Crippen molar-refractivity contribution >= 4 is 18.3 Å². The second kappa shape index (κ2) is 10.6. The zero-order valence-electron chi connectivity index (χ0n) is 19.1. The average Bonchev–Trinajstić information content (AvgIpc) is 3.13. The molecule has 3 aliphatic rings. The minimum Gasteiger partial charge on any atom is -0.471 e. The highest BCUT2D eigenvalue weighted by molar-refractivity contribution is 5.87. The maximum absolute atomic E-state index is 12.4. The third-order valence-corrected chi connectivity index (χ3v) is 6.64. The molecule has 0 spiro atoms. The Bertz CT molecular complexity index is 1040.